The Kier molecular flexibility index (Phi) is 3.42. The summed E-state index contributed by atoms with van der Waals surface area (Å²) in [5.41, 5.74) is 9.30. The highest BCUT2D eigenvalue weighted by Gasteiger charge is 2.10. The van der Waals surface area contributed by atoms with Gasteiger partial charge in [-0.3, -0.25) is 4.79 Å². The van der Waals surface area contributed by atoms with Crippen LogP contribution in [0.1, 0.15) is 21.5 Å². The Morgan fingerprint density at radius 3 is 2.47 bits per heavy atom. The molecule has 0 atom stereocenters. The van der Waals surface area contributed by atoms with Gasteiger partial charge in [0.15, 0.2) is 0 Å². The molecule has 2 aromatic rings. The number of nitrogens with two attached hydrogens (primary N) is 1. The maximum Gasteiger partial charge on any atom is 0.255 e. The van der Waals surface area contributed by atoms with E-state index in [-0.39, 0.29) is 11.7 Å². The number of phenolic OH excluding ortho intramolecular Hbond substituents is 1. The summed E-state index contributed by atoms with van der Waals surface area (Å²) in [5.74, 6) is -0.0564. The molecule has 0 bridgehead atoms. The van der Waals surface area contributed by atoms with Crippen LogP contribution in [0.25, 0.3) is 0 Å². The van der Waals surface area contributed by atoms with Crippen molar-refractivity contribution in [2.75, 3.05) is 11.1 Å². The van der Waals surface area contributed by atoms with Crippen LogP contribution in [0.2, 0.25) is 0 Å². The molecule has 0 spiro atoms. The lowest BCUT2D eigenvalue weighted by molar-refractivity contribution is 0.102. The summed E-state index contributed by atoms with van der Waals surface area (Å²) in [7, 11) is 0. The van der Waals surface area contributed by atoms with Gasteiger partial charge in [0.1, 0.15) is 5.75 Å². The summed E-state index contributed by atoms with van der Waals surface area (Å²) in [6, 6.07) is 10.00. The van der Waals surface area contributed by atoms with Gasteiger partial charge in [0.2, 0.25) is 0 Å². The van der Waals surface area contributed by atoms with Crippen LogP contribution in [-0.4, -0.2) is 11.0 Å². The molecule has 0 fully saturated rings. The number of hydrogen-bond donors (Lipinski definition) is 3. The van der Waals surface area contributed by atoms with Crippen molar-refractivity contribution in [3.63, 3.8) is 0 Å². The zero-order chi connectivity index (χ0) is 14.0. The van der Waals surface area contributed by atoms with Gasteiger partial charge in [-0.25, -0.2) is 0 Å². The molecule has 98 valence electrons. The Hall–Kier alpha value is -2.49. The Labute approximate surface area is 111 Å². The second-order valence-corrected chi connectivity index (χ2v) is 4.52. The predicted octanol–water partition coefficient (Wildman–Crippen LogP) is 2.84. The highest BCUT2D eigenvalue weighted by atomic mass is 16.3. The average molecular weight is 256 g/mol. The number of benzene rings is 2. The number of hydrogen-bond acceptors (Lipinski definition) is 3. The van der Waals surface area contributed by atoms with Gasteiger partial charge in [0.25, 0.3) is 5.91 Å². The monoisotopic (exact) mass is 256 g/mol. The first-order valence-electron chi connectivity index (χ1n) is 5.94. The van der Waals surface area contributed by atoms with Crippen LogP contribution in [0.15, 0.2) is 36.4 Å². The zero-order valence-corrected chi connectivity index (χ0v) is 10.9. The molecule has 19 heavy (non-hydrogen) atoms. The van der Waals surface area contributed by atoms with Gasteiger partial charge in [-0.2, -0.15) is 0 Å². The van der Waals surface area contributed by atoms with Crippen LogP contribution in [0.3, 0.4) is 0 Å². The third-order valence-corrected chi connectivity index (χ3v) is 2.98. The Bertz CT molecular complexity index is 636. The van der Waals surface area contributed by atoms with Crippen LogP contribution >= 0.6 is 0 Å². The quantitative estimate of drug-likeness (QED) is 0.723. The molecule has 0 saturated carbocycles. The molecule has 2 rings (SSSR count). The molecule has 0 unspecified atom stereocenters. The SMILES string of the molecule is Cc1cc(NC(=O)c2ccc(O)cc2C)ccc1N. The molecule has 0 radical (unpaired) electrons. The van der Waals surface area contributed by atoms with Crippen LogP contribution in [-0.2, 0) is 0 Å². The van der Waals surface area contributed by atoms with Gasteiger partial charge in [-0.15, -0.1) is 0 Å². The lowest BCUT2D eigenvalue weighted by Gasteiger charge is -2.09. The van der Waals surface area contributed by atoms with E-state index in [0.717, 1.165) is 11.1 Å². The van der Waals surface area contributed by atoms with Crippen LogP contribution in [0.5, 0.6) is 5.75 Å². The van der Waals surface area contributed by atoms with Gasteiger partial charge < -0.3 is 16.2 Å². The second kappa shape index (κ2) is 5.02. The first-order chi connectivity index (χ1) is 8.97. The van der Waals surface area contributed by atoms with E-state index in [1.807, 2.05) is 13.0 Å². The van der Waals surface area contributed by atoms with Crippen LogP contribution in [0, 0.1) is 13.8 Å². The van der Waals surface area contributed by atoms with E-state index in [0.29, 0.717) is 16.9 Å². The maximum absolute atomic E-state index is 12.1. The topological polar surface area (TPSA) is 75.3 Å². The summed E-state index contributed by atoms with van der Waals surface area (Å²) in [6.07, 6.45) is 0. The summed E-state index contributed by atoms with van der Waals surface area (Å²) >= 11 is 0. The Morgan fingerprint density at radius 2 is 1.84 bits per heavy atom. The number of aromatic hydroxyl groups is 1. The van der Waals surface area contributed by atoms with E-state index in [1.165, 1.54) is 6.07 Å². The van der Waals surface area contributed by atoms with Crippen LogP contribution in [0.4, 0.5) is 11.4 Å². The fraction of sp³-hybridized carbons (Fsp3) is 0.133. The molecule has 0 aliphatic rings. The normalized spacial score (nSPS) is 10.2. The molecule has 0 aromatic heterocycles. The molecule has 0 heterocycles. The third kappa shape index (κ3) is 2.85. The molecule has 0 aliphatic carbocycles. The van der Waals surface area contributed by atoms with E-state index in [1.54, 1.807) is 31.2 Å². The minimum atomic E-state index is -0.207. The van der Waals surface area contributed by atoms with E-state index < -0.39 is 0 Å². The number of anilines is 2. The summed E-state index contributed by atoms with van der Waals surface area (Å²) in [4.78, 5) is 12.1. The third-order valence-electron chi connectivity index (χ3n) is 2.98. The Morgan fingerprint density at radius 1 is 1.11 bits per heavy atom. The first-order valence-corrected chi connectivity index (χ1v) is 5.94. The van der Waals surface area contributed by atoms with E-state index in [9.17, 15) is 9.90 Å². The van der Waals surface area contributed by atoms with Gasteiger partial charge in [-0.05, 0) is 61.4 Å². The molecule has 1 amide bonds. The Balaban J connectivity index is 2.23. The van der Waals surface area contributed by atoms with Crippen molar-refractivity contribution in [3.05, 3.63) is 53.1 Å². The minimum absolute atomic E-state index is 0.150. The fourth-order valence-corrected chi connectivity index (χ4v) is 1.85. The first kappa shape index (κ1) is 13.0. The standard InChI is InChI=1S/C15H16N2O2/c1-9-8-12(18)4-5-13(9)15(19)17-11-3-6-14(16)10(2)7-11/h3-8,18H,16H2,1-2H3,(H,17,19). The van der Waals surface area contributed by atoms with Crippen molar-refractivity contribution in [2.24, 2.45) is 0 Å². The highest BCUT2D eigenvalue weighted by Crippen LogP contribution is 2.20. The maximum atomic E-state index is 12.1. The average Bonchev–Trinajstić information content (AvgIpc) is 2.33. The minimum Gasteiger partial charge on any atom is -0.508 e. The number of carbonyl (C=O) groups excluding carboxylic acids is 1. The van der Waals surface area contributed by atoms with Crippen molar-refractivity contribution < 1.29 is 9.90 Å². The fourth-order valence-electron chi connectivity index (χ4n) is 1.85. The van der Waals surface area contributed by atoms with Crippen molar-refractivity contribution in [1.29, 1.82) is 0 Å². The van der Waals surface area contributed by atoms with E-state index in [2.05, 4.69) is 5.32 Å². The molecule has 4 heteroatoms. The number of phenols is 1. The predicted molar refractivity (Wildman–Crippen MR) is 76.4 cm³/mol. The van der Waals surface area contributed by atoms with Gasteiger partial charge in [0, 0.05) is 16.9 Å². The lowest BCUT2D eigenvalue weighted by Crippen LogP contribution is -2.13. The number of amides is 1. The molecule has 4 N–H and O–H groups in total. The molecular weight excluding hydrogens is 240 g/mol. The second-order valence-electron chi connectivity index (χ2n) is 4.52. The van der Waals surface area contributed by atoms with Crippen LogP contribution < -0.4 is 11.1 Å². The zero-order valence-electron chi connectivity index (χ0n) is 10.9. The van der Waals surface area contributed by atoms with E-state index >= 15 is 0 Å². The lowest BCUT2D eigenvalue weighted by atomic mass is 10.1. The molecule has 0 saturated heterocycles. The van der Waals surface area contributed by atoms with Crippen molar-refractivity contribution in [1.82, 2.24) is 0 Å². The number of nitrogen functional groups attached to an aromatic ring is 1. The van der Waals surface area contributed by atoms with Crippen molar-refractivity contribution in [2.45, 2.75) is 13.8 Å². The number of nitrogens with one attached hydrogen (secondary N) is 1. The van der Waals surface area contributed by atoms with Gasteiger partial charge in [-0.1, -0.05) is 0 Å². The largest absolute Gasteiger partial charge is 0.508 e. The number of carbonyl (C=O) groups is 1. The molecule has 2 aromatic carbocycles. The van der Waals surface area contributed by atoms with Crippen molar-refractivity contribution >= 4 is 17.3 Å². The van der Waals surface area contributed by atoms with Crippen molar-refractivity contribution in [3.8, 4) is 5.75 Å². The molecule has 0 aliphatic heterocycles. The highest BCUT2D eigenvalue weighted by molar-refractivity contribution is 6.05. The van der Waals surface area contributed by atoms with E-state index in [4.69, 9.17) is 5.73 Å². The number of rotatable bonds is 2. The molecule has 4 nitrogen and oxygen atoms in total. The summed E-state index contributed by atoms with van der Waals surface area (Å²) < 4.78 is 0. The molecular formula is C15H16N2O2. The smallest absolute Gasteiger partial charge is 0.255 e. The van der Waals surface area contributed by atoms with Gasteiger partial charge in [0.05, 0.1) is 0 Å². The number of aryl methyl sites for hydroxylation is 2. The van der Waals surface area contributed by atoms with Gasteiger partial charge >= 0.3 is 0 Å². The summed E-state index contributed by atoms with van der Waals surface area (Å²) in [5, 5.41) is 12.1. The summed E-state index contributed by atoms with van der Waals surface area (Å²) in [6.45, 7) is 3.67.